The summed E-state index contributed by atoms with van der Waals surface area (Å²) in [7, 11) is 0. The first-order chi connectivity index (χ1) is 20.7. The van der Waals surface area contributed by atoms with E-state index in [0.29, 0.717) is 23.9 Å². The molecule has 1 amide bonds. The number of aryl methyl sites for hydroxylation is 3. The Morgan fingerprint density at radius 2 is 1.72 bits per heavy atom. The fourth-order valence-electron chi connectivity index (χ4n) is 6.64. The van der Waals surface area contributed by atoms with Crippen molar-refractivity contribution in [3.8, 4) is 17.2 Å². The van der Waals surface area contributed by atoms with Crippen molar-refractivity contribution in [2.45, 2.75) is 59.4 Å². The minimum atomic E-state index is -1.07. The molecule has 2 aliphatic rings. The number of carboxylic acids is 1. The molecule has 3 aromatic carbocycles. The molecular weight excluding hydrogens is 551 g/mol. The van der Waals surface area contributed by atoms with Gasteiger partial charge in [0.1, 0.15) is 11.6 Å². The highest BCUT2D eigenvalue weighted by molar-refractivity contribution is 5.94. The van der Waals surface area contributed by atoms with Crippen LogP contribution in [0.3, 0.4) is 0 Å². The Balaban J connectivity index is 1.54. The molecule has 5 rings (SSSR count). The molecule has 1 fully saturated rings. The van der Waals surface area contributed by atoms with E-state index in [1.807, 2.05) is 40.7 Å². The second-order valence-electron chi connectivity index (χ2n) is 11.2. The number of carboxylic acid groups (broad SMARTS) is 1. The third-order valence-electron chi connectivity index (χ3n) is 8.53. The zero-order valence-corrected chi connectivity index (χ0v) is 25.3. The first-order valence-electron chi connectivity index (χ1n) is 14.9. The quantitative estimate of drug-likeness (QED) is 0.291. The average Bonchev–Trinajstić information content (AvgIpc) is 3.60. The van der Waals surface area contributed by atoms with Gasteiger partial charge in [-0.05, 0) is 68.0 Å². The SMILES string of the molecule is CCOc1ccc([C@H]2[C@H](C(=O)O)[C@@H](c3ccc4c(c3C)OCO4)CN2CC(=O)Nc2c(CC)cc(C)cc2CC)c(F)c1. The normalized spacial score (nSPS) is 19.4. The lowest BCUT2D eigenvalue weighted by Gasteiger charge is -2.28. The Hall–Kier alpha value is -4.11. The molecule has 2 heterocycles. The van der Waals surface area contributed by atoms with E-state index in [2.05, 4.69) is 17.4 Å². The number of carbonyl (C=O) groups is 2. The van der Waals surface area contributed by atoms with Crippen LogP contribution in [0, 0.1) is 25.6 Å². The summed E-state index contributed by atoms with van der Waals surface area (Å²) < 4.78 is 32.4. The van der Waals surface area contributed by atoms with Crippen molar-refractivity contribution in [1.82, 2.24) is 4.90 Å². The maximum Gasteiger partial charge on any atom is 0.309 e. The Bertz CT molecular complexity index is 1510. The van der Waals surface area contributed by atoms with Crippen molar-refractivity contribution in [2.75, 3.05) is 31.8 Å². The van der Waals surface area contributed by atoms with Crippen molar-refractivity contribution in [3.05, 3.63) is 81.7 Å². The van der Waals surface area contributed by atoms with Gasteiger partial charge in [-0.1, -0.05) is 43.7 Å². The number of nitrogens with zero attached hydrogens (tertiary/aromatic N) is 1. The number of nitrogens with one attached hydrogen (secondary N) is 1. The lowest BCUT2D eigenvalue weighted by molar-refractivity contribution is -0.143. The van der Waals surface area contributed by atoms with E-state index in [-0.39, 0.29) is 31.4 Å². The van der Waals surface area contributed by atoms with Crippen molar-refractivity contribution in [3.63, 3.8) is 0 Å². The number of amides is 1. The smallest absolute Gasteiger partial charge is 0.309 e. The Morgan fingerprint density at radius 1 is 1.02 bits per heavy atom. The number of fused-ring (bicyclic) bond motifs is 1. The van der Waals surface area contributed by atoms with E-state index in [0.717, 1.165) is 46.3 Å². The van der Waals surface area contributed by atoms with Gasteiger partial charge in [-0.3, -0.25) is 14.5 Å². The molecule has 1 saturated heterocycles. The molecule has 0 aromatic heterocycles. The zero-order chi connectivity index (χ0) is 30.8. The standard InChI is InChI=1S/C34H39FN2O6/c1-6-21-13-19(4)14-22(7-2)31(21)36-29(38)17-37-16-26(24-11-12-28-33(20(24)5)43-18-42-28)30(34(39)40)32(37)25-10-9-23(41-8-3)15-27(25)35/h9-15,26,30,32H,6-8,16-18H2,1-5H3,(H,36,38)(H,39,40)/t26-,30-,32+/m1/s1. The Morgan fingerprint density at radius 3 is 2.35 bits per heavy atom. The summed E-state index contributed by atoms with van der Waals surface area (Å²) in [6.07, 6.45) is 1.50. The van der Waals surface area contributed by atoms with Gasteiger partial charge < -0.3 is 24.6 Å². The van der Waals surface area contributed by atoms with E-state index in [9.17, 15) is 14.7 Å². The van der Waals surface area contributed by atoms with E-state index < -0.39 is 29.7 Å². The molecule has 2 N–H and O–H groups in total. The van der Waals surface area contributed by atoms with Crippen LogP contribution < -0.4 is 19.5 Å². The first kappa shape index (κ1) is 30.4. The first-order valence-corrected chi connectivity index (χ1v) is 14.9. The molecule has 0 saturated carbocycles. The van der Waals surface area contributed by atoms with Gasteiger partial charge in [-0.25, -0.2) is 4.39 Å². The number of carbonyl (C=O) groups excluding carboxylic acids is 1. The Labute approximate surface area is 251 Å². The summed E-state index contributed by atoms with van der Waals surface area (Å²) in [5, 5.41) is 13.7. The van der Waals surface area contributed by atoms with Crippen molar-refractivity contribution < 1.29 is 33.3 Å². The molecule has 0 unspecified atom stereocenters. The molecule has 3 atom stereocenters. The van der Waals surface area contributed by atoms with Crippen LogP contribution in [0.2, 0.25) is 0 Å². The minimum absolute atomic E-state index is 0.0947. The highest BCUT2D eigenvalue weighted by atomic mass is 19.1. The molecule has 0 aliphatic carbocycles. The largest absolute Gasteiger partial charge is 0.494 e. The van der Waals surface area contributed by atoms with Gasteiger partial charge in [0, 0.05) is 29.8 Å². The molecule has 3 aromatic rings. The maximum atomic E-state index is 15.7. The monoisotopic (exact) mass is 590 g/mol. The predicted molar refractivity (Wildman–Crippen MR) is 162 cm³/mol. The molecule has 43 heavy (non-hydrogen) atoms. The van der Waals surface area contributed by atoms with Gasteiger partial charge >= 0.3 is 5.97 Å². The fourth-order valence-corrected chi connectivity index (χ4v) is 6.64. The van der Waals surface area contributed by atoms with Crippen LogP contribution in [-0.2, 0) is 22.4 Å². The lowest BCUT2D eigenvalue weighted by Crippen LogP contribution is -2.36. The molecule has 0 spiro atoms. The van der Waals surface area contributed by atoms with E-state index in [4.69, 9.17) is 14.2 Å². The van der Waals surface area contributed by atoms with Gasteiger partial charge in [0.05, 0.1) is 25.1 Å². The number of anilines is 1. The number of ether oxygens (including phenoxy) is 3. The van der Waals surface area contributed by atoms with Crippen LogP contribution in [0.15, 0.2) is 42.5 Å². The summed E-state index contributed by atoms with van der Waals surface area (Å²) in [6.45, 7) is 10.4. The van der Waals surface area contributed by atoms with Crippen LogP contribution in [0.1, 0.15) is 66.1 Å². The summed E-state index contributed by atoms with van der Waals surface area (Å²) in [4.78, 5) is 28.5. The van der Waals surface area contributed by atoms with Crippen molar-refractivity contribution >= 4 is 17.6 Å². The van der Waals surface area contributed by atoms with E-state index in [1.165, 1.54) is 6.07 Å². The fraction of sp³-hybridized carbons (Fsp3) is 0.412. The summed E-state index contributed by atoms with van der Waals surface area (Å²) in [5.41, 5.74) is 5.77. The number of hydrogen-bond donors (Lipinski definition) is 2. The lowest BCUT2D eigenvalue weighted by atomic mass is 9.81. The second kappa shape index (κ2) is 12.6. The van der Waals surface area contributed by atoms with Gasteiger partial charge in [0.25, 0.3) is 0 Å². The highest BCUT2D eigenvalue weighted by Gasteiger charge is 2.49. The Kier molecular flexibility index (Phi) is 8.92. The second-order valence-corrected chi connectivity index (χ2v) is 11.2. The van der Waals surface area contributed by atoms with Crippen LogP contribution >= 0.6 is 0 Å². The number of hydrogen-bond acceptors (Lipinski definition) is 6. The number of halogens is 1. The van der Waals surface area contributed by atoms with E-state index in [1.54, 1.807) is 23.1 Å². The van der Waals surface area contributed by atoms with Crippen LogP contribution in [-0.4, -0.2) is 48.4 Å². The van der Waals surface area contributed by atoms with Gasteiger partial charge in [0.15, 0.2) is 11.5 Å². The van der Waals surface area contributed by atoms with Gasteiger partial charge in [0.2, 0.25) is 12.7 Å². The summed E-state index contributed by atoms with van der Waals surface area (Å²) in [5.74, 6) is -1.94. The third-order valence-corrected chi connectivity index (χ3v) is 8.53. The maximum absolute atomic E-state index is 15.7. The molecule has 9 heteroatoms. The number of aliphatic carboxylic acids is 1. The van der Waals surface area contributed by atoms with E-state index >= 15 is 4.39 Å². The number of likely N-dealkylation sites (tertiary alicyclic amines) is 1. The topological polar surface area (TPSA) is 97.3 Å². The summed E-state index contributed by atoms with van der Waals surface area (Å²) in [6, 6.07) is 11.4. The molecular formula is C34H39FN2O6. The van der Waals surface area contributed by atoms with Gasteiger partial charge in [-0.15, -0.1) is 0 Å². The van der Waals surface area contributed by atoms with Crippen molar-refractivity contribution in [1.29, 1.82) is 0 Å². The molecule has 0 bridgehead atoms. The molecule has 8 nitrogen and oxygen atoms in total. The van der Waals surface area contributed by atoms with Crippen LogP contribution in [0.4, 0.5) is 10.1 Å². The molecule has 0 radical (unpaired) electrons. The number of benzene rings is 3. The summed E-state index contributed by atoms with van der Waals surface area (Å²) >= 11 is 0. The highest BCUT2D eigenvalue weighted by Crippen LogP contribution is 2.50. The molecule has 228 valence electrons. The zero-order valence-electron chi connectivity index (χ0n) is 25.3. The predicted octanol–water partition coefficient (Wildman–Crippen LogP) is 6.17. The minimum Gasteiger partial charge on any atom is -0.494 e. The van der Waals surface area contributed by atoms with Gasteiger partial charge in [-0.2, -0.15) is 0 Å². The number of rotatable bonds is 10. The third kappa shape index (κ3) is 5.91. The average molecular weight is 591 g/mol. The van der Waals surface area contributed by atoms with Crippen LogP contribution in [0.25, 0.3) is 0 Å². The van der Waals surface area contributed by atoms with Crippen LogP contribution in [0.5, 0.6) is 17.2 Å². The molecule has 2 aliphatic heterocycles. The van der Waals surface area contributed by atoms with Crippen molar-refractivity contribution in [2.24, 2.45) is 5.92 Å².